The van der Waals surface area contributed by atoms with Gasteiger partial charge in [-0.2, -0.15) is 0 Å². The summed E-state index contributed by atoms with van der Waals surface area (Å²) >= 11 is 0. The van der Waals surface area contributed by atoms with Crippen molar-refractivity contribution in [2.24, 2.45) is 0 Å². The zero-order valence-electron chi connectivity index (χ0n) is 3.53. The van der Waals surface area contributed by atoms with Gasteiger partial charge >= 0.3 is 5.97 Å². The average Bonchev–Trinajstić information content (AvgIpc) is 1.65. The number of carbonyl (C=O) groups is 1. The van der Waals surface area contributed by atoms with Crippen molar-refractivity contribution in [1.82, 2.24) is 0 Å². The van der Waals surface area contributed by atoms with E-state index in [9.17, 15) is 4.79 Å². The second kappa shape index (κ2) is 6.95. The quantitative estimate of drug-likeness (QED) is 0.470. The van der Waals surface area contributed by atoms with Crippen LogP contribution < -0.4 is 0 Å². The van der Waals surface area contributed by atoms with Gasteiger partial charge in [-0.1, -0.05) is 0 Å². The fraction of sp³-hybridized carbons (Fsp3) is 0.500. The fourth-order valence-electron chi connectivity index (χ4n) is 0.0481. The van der Waals surface area contributed by atoms with Crippen molar-refractivity contribution in [2.45, 2.75) is 0 Å². The van der Waals surface area contributed by atoms with Crippen molar-refractivity contribution >= 4 is 24.7 Å². The Morgan fingerprint density at radius 1 is 1.71 bits per heavy atom. The maximum absolute atomic E-state index is 9.92. The molecule has 2 unspecified atom stereocenters. The molecule has 44 valence electrons. The second-order valence-electron chi connectivity index (χ2n) is 0.694. The Bertz CT molecular complexity index is 51.7. The van der Waals surface area contributed by atoms with Crippen LogP contribution in [0.25, 0.3) is 0 Å². The first kappa shape index (κ1) is 10.8. The molecule has 0 bridgehead atoms. The third-order valence-corrected chi connectivity index (χ3v) is 0.894. The molecule has 0 saturated heterocycles. The monoisotopic (exact) mass is 226 g/mol. The Hall–Kier alpha value is 0.953. The predicted octanol–water partition coefficient (Wildman–Crippen LogP) is 0.192. The van der Waals surface area contributed by atoms with Gasteiger partial charge in [0.25, 0.3) is 0 Å². The first-order chi connectivity index (χ1) is 2.81. The zero-order valence-corrected chi connectivity index (χ0v) is 7.58. The largest absolute Gasteiger partial charge is 0.451 e. The summed E-state index contributed by atoms with van der Waals surface area (Å²) in [6.07, 6.45) is 0.365. The number of hydrogen-bond acceptors (Lipinski definition) is 2. The van der Waals surface area contributed by atoms with Crippen molar-refractivity contribution in [1.29, 1.82) is 0 Å². The molecule has 0 aromatic carbocycles. The second-order valence-corrected chi connectivity index (χ2v) is 1.34. The van der Waals surface area contributed by atoms with Crippen molar-refractivity contribution < 1.29 is 28.8 Å². The summed E-state index contributed by atoms with van der Waals surface area (Å²) in [5.74, 6) is -0.231. The molecule has 2 nitrogen and oxygen atoms in total. The van der Waals surface area contributed by atoms with Gasteiger partial charge < -0.3 is 4.52 Å². The summed E-state index contributed by atoms with van der Waals surface area (Å²) in [7, 11) is 4.13. The van der Waals surface area contributed by atoms with Crippen LogP contribution in [-0.2, 0) is 28.8 Å². The first-order valence-corrected chi connectivity index (χ1v) is 2.69. The van der Waals surface area contributed by atoms with E-state index >= 15 is 0 Å². The Morgan fingerprint density at radius 3 is 2.14 bits per heavy atom. The van der Waals surface area contributed by atoms with Crippen molar-refractivity contribution in [3.05, 3.63) is 0 Å². The molecule has 0 spiro atoms. The van der Waals surface area contributed by atoms with Gasteiger partial charge in [-0.05, 0) is 0 Å². The summed E-state index contributed by atoms with van der Waals surface area (Å²) in [5.41, 5.74) is 0. The normalized spacial score (nSPS) is 6.57. The summed E-state index contributed by atoms with van der Waals surface area (Å²) < 4.78 is 4.16. The van der Waals surface area contributed by atoms with E-state index in [1.54, 1.807) is 0 Å². The first-order valence-electron chi connectivity index (χ1n) is 1.41. The van der Waals surface area contributed by atoms with Crippen LogP contribution in [-0.4, -0.2) is 12.1 Å². The van der Waals surface area contributed by atoms with Gasteiger partial charge in [0.1, 0.15) is 0 Å². The predicted molar refractivity (Wildman–Crippen MR) is 30.4 cm³/mol. The van der Waals surface area contributed by atoms with E-state index in [0.29, 0.717) is 6.16 Å². The number of hydrogen-bond donors (Lipinski definition) is 0. The van der Waals surface area contributed by atoms with E-state index < -0.39 is 0 Å². The molecule has 0 aromatic heterocycles. The Balaban J connectivity index is 0. The summed E-state index contributed by atoms with van der Waals surface area (Å²) in [6, 6.07) is 0. The van der Waals surface area contributed by atoms with E-state index in [1.165, 1.54) is 0 Å². The summed E-state index contributed by atoms with van der Waals surface area (Å²) in [5, 5.41) is 0. The molecule has 0 amide bonds. The van der Waals surface area contributed by atoms with Gasteiger partial charge in [-0.25, -0.2) is 0 Å². The van der Waals surface area contributed by atoms with Crippen LogP contribution in [0.3, 0.4) is 0 Å². The van der Waals surface area contributed by atoms with Crippen LogP contribution in [0.4, 0.5) is 0 Å². The molecule has 0 aliphatic heterocycles. The topological polar surface area (TPSA) is 26.3 Å². The molecule has 0 radical (unpaired) electrons. The molecular formula is C2H6O2P2Ru. The van der Waals surface area contributed by atoms with Crippen LogP contribution in [0.5, 0.6) is 0 Å². The van der Waals surface area contributed by atoms with Gasteiger partial charge in [0.2, 0.25) is 0 Å². The van der Waals surface area contributed by atoms with Crippen LogP contribution in [0.1, 0.15) is 0 Å². The standard InChI is InChI=1S/C2H6O2P2.Ru/c3-2(1-5)4-6;/h1,5-6H2;. The number of rotatable bonds is 1. The fourth-order valence-corrected chi connectivity index (χ4v) is 0.433. The molecule has 0 fully saturated rings. The molecule has 0 aromatic rings. The Labute approximate surface area is 60.0 Å². The number of carbonyl (C=O) groups excluding carboxylic acids is 1. The molecule has 2 atom stereocenters. The molecular weight excluding hydrogens is 219 g/mol. The minimum atomic E-state index is -0.231. The van der Waals surface area contributed by atoms with Gasteiger partial charge in [0, 0.05) is 19.5 Å². The Morgan fingerprint density at radius 2 is 2.14 bits per heavy atom. The molecule has 0 saturated carbocycles. The van der Waals surface area contributed by atoms with Gasteiger partial charge in [-0.15, -0.1) is 9.24 Å². The molecule has 0 aliphatic rings. The SMILES string of the molecule is O=C(CP)OP.[Ru]. The zero-order chi connectivity index (χ0) is 4.99. The minimum Gasteiger partial charge on any atom is -0.451 e. The van der Waals surface area contributed by atoms with Gasteiger partial charge in [-0.3, -0.25) is 4.79 Å². The van der Waals surface area contributed by atoms with Crippen molar-refractivity contribution in [2.75, 3.05) is 6.16 Å². The van der Waals surface area contributed by atoms with Crippen LogP contribution in [0.2, 0.25) is 0 Å². The van der Waals surface area contributed by atoms with E-state index in [1.807, 2.05) is 9.47 Å². The smallest absolute Gasteiger partial charge is 0.311 e. The third-order valence-electron chi connectivity index (χ3n) is 0.298. The molecule has 0 rings (SSSR count). The molecule has 0 N–H and O–H groups in total. The van der Waals surface area contributed by atoms with Crippen LogP contribution in [0, 0.1) is 0 Å². The minimum absolute atomic E-state index is 0. The third kappa shape index (κ3) is 6.95. The van der Waals surface area contributed by atoms with Crippen molar-refractivity contribution in [3.8, 4) is 0 Å². The van der Waals surface area contributed by atoms with Crippen LogP contribution in [0.15, 0.2) is 0 Å². The summed E-state index contributed by atoms with van der Waals surface area (Å²) in [4.78, 5) is 9.92. The Kier molecular flexibility index (Phi) is 10.8. The van der Waals surface area contributed by atoms with Gasteiger partial charge in [0.05, 0.1) is 15.6 Å². The summed E-state index contributed by atoms with van der Waals surface area (Å²) in [6.45, 7) is 0. The van der Waals surface area contributed by atoms with Crippen LogP contribution >= 0.6 is 18.7 Å². The molecule has 7 heavy (non-hydrogen) atoms. The van der Waals surface area contributed by atoms with E-state index in [2.05, 4.69) is 13.8 Å². The van der Waals surface area contributed by atoms with Gasteiger partial charge in [0.15, 0.2) is 0 Å². The molecule has 5 heteroatoms. The maximum Gasteiger partial charge on any atom is 0.311 e. The molecule has 0 heterocycles. The van der Waals surface area contributed by atoms with E-state index in [-0.39, 0.29) is 25.4 Å². The van der Waals surface area contributed by atoms with E-state index in [4.69, 9.17) is 0 Å². The average molecular weight is 225 g/mol. The van der Waals surface area contributed by atoms with E-state index in [0.717, 1.165) is 0 Å². The molecule has 0 aliphatic carbocycles. The van der Waals surface area contributed by atoms with Crippen molar-refractivity contribution in [3.63, 3.8) is 0 Å². The maximum atomic E-state index is 9.92.